The fourth-order valence-corrected chi connectivity index (χ4v) is 7.83. The molecule has 0 unspecified atom stereocenters. The van der Waals surface area contributed by atoms with Crippen LogP contribution < -0.4 is 9.47 Å². The molecule has 0 bridgehead atoms. The summed E-state index contributed by atoms with van der Waals surface area (Å²) in [5, 5.41) is 18.1. The van der Waals surface area contributed by atoms with E-state index >= 15 is 0 Å². The van der Waals surface area contributed by atoms with Gasteiger partial charge in [0, 0.05) is 66.3 Å². The molecule has 0 aliphatic carbocycles. The summed E-state index contributed by atoms with van der Waals surface area (Å²) >= 11 is 0. The van der Waals surface area contributed by atoms with Crippen LogP contribution in [0.4, 0.5) is 0 Å². The lowest BCUT2D eigenvalue weighted by Crippen LogP contribution is -1.94. The van der Waals surface area contributed by atoms with E-state index in [1.807, 2.05) is 24.5 Å². The standard InChI is InChI=1S/C42H26N2O2/c1-45-33-21-31-32(39-29(33)17-15-23-7-9-25-11-13-27-5-3-19-43-41(27)37(25)35(23)39)22-34(46-2)30-18-16-24-8-10-26-12-14-28-6-4-20-44-42(28)38(26)36(24)40(30)31/h3-22H,1-2H3. The Kier molecular flexibility index (Phi) is 5.10. The van der Waals surface area contributed by atoms with Crippen molar-refractivity contribution in [3.63, 3.8) is 0 Å². The number of benzene rings is 8. The first-order valence-corrected chi connectivity index (χ1v) is 15.5. The first-order chi connectivity index (χ1) is 22.7. The topological polar surface area (TPSA) is 44.2 Å². The Labute approximate surface area is 263 Å². The maximum absolute atomic E-state index is 6.20. The van der Waals surface area contributed by atoms with Gasteiger partial charge in [-0.05, 0) is 68.7 Å². The average Bonchev–Trinajstić information content (AvgIpc) is 3.12. The van der Waals surface area contributed by atoms with Crippen LogP contribution in [-0.4, -0.2) is 24.2 Å². The van der Waals surface area contributed by atoms with Gasteiger partial charge in [0.2, 0.25) is 0 Å². The van der Waals surface area contributed by atoms with Gasteiger partial charge < -0.3 is 9.47 Å². The van der Waals surface area contributed by atoms with Crippen molar-refractivity contribution >= 4 is 97.2 Å². The molecule has 0 aliphatic heterocycles. The summed E-state index contributed by atoms with van der Waals surface area (Å²) in [7, 11) is 3.53. The smallest absolute Gasteiger partial charge is 0.127 e. The predicted molar refractivity (Wildman–Crippen MR) is 193 cm³/mol. The Morgan fingerprint density at radius 3 is 1.15 bits per heavy atom. The van der Waals surface area contributed by atoms with E-state index in [0.717, 1.165) is 97.9 Å². The highest BCUT2D eigenvalue weighted by molar-refractivity contribution is 6.38. The molecule has 4 nitrogen and oxygen atoms in total. The maximum atomic E-state index is 6.20. The Morgan fingerprint density at radius 1 is 0.370 bits per heavy atom. The van der Waals surface area contributed by atoms with Gasteiger partial charge in [0.1, 0.15) is 11.5 Å². The van der Waals surface area contributed by atoms with Crippen molar-refractivity contribution in [1.82, 2.24) is 9.97 Å². The second kappa shape index (κ2) is 9.26. The Morgan fingerprint density at radius 2 is 0.739 bits per heavy atom. The van der Waals surface area contributed by atoms with Gasteiger partial charge in [-0.2, -0.15) is 0 Å². The number of fused-ring (bicyclic) bond motifs is 17. The third-order valence-electron chi connectivity index (χ3n) is 9.82. The number of pyridine rings is 2. The SMILES string of the molecule is COc1cc2c(cc(OC)c3ccc4ccc5ccc6cccnc6c5c4c32)c2c1ccc1ccc3ccc4cccnc4c3c12. The Hall–Kier alpha value is -6.00. The van der Waals surface area contributed by atoms with Crippen LogP contribution in [0.2, 0.25) is 0 Å². The molecule has 2 heterocycles. The lowest BCUT2D eigenvalue weighted by atomic mass is 9.87. The maximum Gasteiger partial charge on any atom is 0.127 e. The number of aromatic nitrogens is 2. The zero-order chi connectivity index (χ0) is 30.5. The molecular weight excluding hydrogens is 564 g/mol. The summed E-state index contributed by atoms with van der Waals surface area (Å²) in [6.45, 7) is 0. The molecule has 0 saturated carbocycles. The van der Waals surface area contributed by atoms with E-state index in [1.54, 1.807) is 14.2 Å². The van der Waals surface area contributed by atoms with Crippen molar-refractivity contribution in [1.29, 1.82) is 0 Å². The van der Waals surface area contributed by atoms with Crippen molar-refractivity contribution < 1.29 is 9.47 Å². The second-order valence-electron chi connectivity index (χ2n) is 12.0. The van der Waals surface area contributed by atoms with E-state index in [9.17, 15) is 0 Å². The van der Waals surface area contributed by atoms with Gasteiger partial charge >= 0.3 is 0 Å². The van der Waals surface area contributed by atoms with E-state index in [1.165, 1.54) is 10.8 Å². The first-order valence-electron chi connectivity index (χ1n) is 15.5. The summed E-state index contributed by atoms with van der Waals surface area (Å²) in [4.78, 5) is 9.83. The highest BCUT2D eigenvalue weighted by Gasteiger charge is 2.20. The van der Waals surface area contributed by atoms with Crippen molar-refractivity contribution in [3.05, 3.63) is 122 Å². The predicted octanol–water partition coefficient (Wildman–Crippen LogP) is 10.9. The second-order valence-corrected chi connectivity index (χ2v) is 12.0. The van der Waals surface area contributed by atoms with E-state index in [0.29, 0.717) is 0 Å². The van der Waals surface area contributed by atoms with E-state index in [4.69, 9.17) is 19.4 Å². The number of hydrogen-bond acceptors (Lipinski definition) is 4. The van der Waals surface area contributed by atoms with Gasteiger partial charge in [0.25, 0.3) is 0 Å². The molecule has 4 heteroatoms. The Bertz CT molecular complexity index is 2730. The molecule has 8 aromatic carbocycles. The van der Waals surface area contributed by atoms with Gasteiger partial charge in [0.05, 0.1) is 25.3 Å². The highest BCUT2D eigenvalue weighted by atomic mass is 16.5. The molecule has 0 spiro atoms. The summed E-state index contributed by atoms with van der Waals surface area (Å²) in [5.74, 6) is 1.67. The molecule has 0 aliphatic rings. The molecular formula is C42H26N2O2. The molecule has 0 amide bonds. The molecule has 0 saturated heterocycles. The van der Waals surface area contributed by atoms with E-state index in [2.05, 4.69) is 97.1 Å². The minimum atomic E-state index is 0.835. The molecule has 216 valence electrons. The quantitative estimate of drug-likeness (QED) is 0.188. The molecule has 0 fully saturated rings. The Balaban J connectivity index is 1.55. The van der Waals surface area contributed by atoms with Crippen LogP contribution in [-0.2, 0) is 0 Å². The monoisotopic (exact) mass is 590 g/mol. The number of ether oxygens (including phenoxy) is 2. The van der Waals surface area contributed by atoms with Gasteiger partial charge in [-0.25, -0.2) is 0 Å². The van der Waals surface area contributed by atoms with Crippen molar-refractivity contribution in [2.75, 3.05) is 14.2 Å². The number of hydrogen-bond donors (Lipinski definition) is 0. The van der Waals surface area contributed by atoms with Crippen LogP contribution in [0.1, 0.15) is 0 Å². The van der Waals surface area contributed by atoms with Crippen LogP contribution in [0.5, 0.6) is 11.5 Å². The minimum absolute atomic E-state index is 0.835. The van der Waals surface area contributed by atoms with Crippen LogP contribution in [0, 0.1) is 0 Å². The lowest BCUT2D eigenvalue weighted by Gasteiger charge is -2.19. The van der Waals surface area contributed by atoms with Crippen LogP contribution in [0.25, 0.3) is 97.2 Å². The van der Waals surface area contributed by atoms with Gasteiger partial charge in [0.15, 0.2) is 0 Å². The number of methoxy groups -OCH3 is 2. The minimum Gasteiger partial charge on any atom is -0.496 e. The average molecular weight is 591 g/mol. The summed E-state index contributed by atoms with van der Waals surface area (Å²) in [6, 6.07) is 39.0. The lowest BCUT2D eigenvalue weighted by molar-refractivity contribution is 0.419. The van der Waals surface area contributed by atoms with Crippen molar-refractivity contribution in [2.24, 2.45) is 0 Å². The summed E-state index contributed by atoms with van der Waals surface area (Å²) in [6.07, 6.45) is 3.77. The van der Waals surface area contributed by atoms with Crippen LogP contribution in [0.15, 0.2) is 122 Å². The van der Waals surface area contributed by atoms with Gasteiger partial charge in [-0.1, -0.05) is 72.8 Å². The molecule has 2 aromatic heterocycles. The number of rotatable bonds is 2. The first kappa shape index (κ1) is 25.3. The zero-order valence-corrected chi connectivity index (χ0v) is 25.3. The van der Waals surface area contributed by atoms with Crippen LogP contribution in [0.3, 0.4) is 0 Å². The summed E-state index contributed by atoms with van der Waals surface area (Å²) < 4.78 is 12.4. The van der Waals surface area contributed by atoms with Crippen molar-refractivity contribution in [3.8, 4) is 11.5 Å². The molecule has 46 heavy (non-hydrogen) atoms. The molecule has 0 atom stereocenters. The van der Waals surface area contributed by atoms with Gasteiger partial charge in [-0.3, -0.25) is 9.97 Å². The highest BCUT2D eigenvalue weighted by Crippen LogP contribution is 2.48. The summed E-state index contributed by atoms with van der Waals surface area (Å²) in [5.41, 5.74) is 1.99. The molecule has 10 aromatic rings. The van der Waals surface area contributed by atoms with Crippen LogP contribution >= 0.6 is 0 Å². The van der Waals surface area contributed by atoms with Crippen molar-refractivity contribution in [2.45, 2.75) is 0 Å². The third kappa shape index (κ3) is 3.28. The third-order valence-corrected chi connectivity index (χ3v) is 9.82. The molecule has 0 radical (unpaired) electrons. The van der Waals surface area contributed by atoms with E-state index < -0.39 is 0 Å². The fourth-order valence-electron chi connectivity index (χ4n) is 7.83. The largest absolute Gasteiger partial charge is 0.496 e. The molecule has 0 N–H and O–H groups in total. The molecule has 10 rings (SSSR count). The number of nitrogens with zero attached hydrogens (tertiary/aromatic N) is 2. The zero-order valence-electron chi connectivity index (χ0n) is 25.3. The van der Waals surface area contributed by atoms with Gasteiger partial charge in [-0.15, -0.1) is 0 Å². The fraction of sp³-hybridized carbons (Fsp3) is 0.0476. The van der Waals surface area contributed by atoms with E-state index in [-0.39, 0.29) is 0 Å². The normalized spacial score (nSPS) is 12.1.